The normalized spacial score (nSPS) is 19.5. The molecule has 10 heteroatoms. The van der Waals surface area contributed by atoms with Gasteiger partial charge in [0.2, 0.25) is 5.95 Å². The van der Waals surface area contributed by atoms with E-state index in [1.165, 1.54) is 22.9 Å². The fourth-order valence-corrected chi connectivity index (χ4v) is 5.32. The molecule has 0 radical (unpaired) electrons. The van der Waals surface area contributed by atoms with Crippen LogP contribution in [0.4, 0.5) is 20.3 Å². The molecule has 0 N–H and O–H groups in total. The number of piperidine rings is 1. The highest BCUT2D eigenvalue weighted by atomic mass is 32.1. The highest BCUT2D eigenvalue weighted by Crippen LogP contribution is 2.35. The molecule has 0 unspecified atom stereocenters. The smallest absolute Gasteiger partial charge is 0.270 e. The van der Waals surface area contributed by atoms with Crippen molar-refractivity contribution in [3.8, 4) is 10.6 Å². The van der Waals surface area contributed by atoms with Gasteiger partial charge in [-0.3, -0.25) is 4.79 Å². The molecule has 1 amide bonds. The number of thiazole rings is 1. The lowest BCUT2D eigenvalue weighted by Crippen LogP contribution is -2.37. The van der Waals surface area contributed by atoms with E-state index in [0.717, 1.165) is 12.1 Å². The van der Waals surface area contributed by atoms with Gasteiger partial charge in [-0.15, -0.1) is 11.3 Å². The third-order valence-electron chi connectivity index (χ3n) is 5.19. The summed E-state index contributed by atoms with van der Waals surface area (Å²) in [7, 11) is 0. The number of hydrogen-bond acceptors (Lipinski definition) is 7. The number of rotatable bonds is 3. The molecule has 2 aliphatic rings. The summed E-state index contributed by atoms with van der Waals surface area (Å²) in [6.45, 7) is 1.42. The molecule has 5 rings (SSSR count). The van der Waals surface area contributed by atoms with Gasteiger partial charge in [0, 0.05) is 24.9 Å². The largest absolute Gasteiger partial charge is 0.354 e. The maximum absolute atomic E-state index is 14.8. The SMILES string of the molecule is O=C1c2sc(-c3ccc(N4CCC[C@H](F)C4)nc3F)nc2CCN1c1cnsc1. The van der Waals surface area contributed by atoms with Gasteiger partial charge in [-0.2, -0.15) is 8.76 Å². The number of alkyl halides is 1. The van der Waals surface area contributed by atoms with Crippen molar-refractivity contribution < 1.29 is 13.6 Å². The highest BCUT2D eigenvalue weighted by Gasteiger charge is 2.31. The molecule has 29 heavy (non-hydrogen) atoms. The molecule has 0 aliphatic carbocycles. The quantitative estimate of drug-likeness (QED) is 0.586. The number of pyridine rings is 1. The van der Waals surface area contributed by atoms with E-state index in [4.69, 9.17) is 0 Å². The van der Waals surface area contributed by atoms with Gasteiger partial charge in [0.05, 0.1) is 29.7 Å². The van der Waals surface area contributed by atoms with Crippen LogP contribution in [0.2, 0.25) is 0 Å². The number of carbonyl (C=O) groups excluding carboxylic acids is 1. The number of fused-ring (bicyclic) bond motifs is 1. The van der Waals surface area contributed by atoms with E-state index >= 15 is 0 Å². The molecule has 1 fully saturated rings. The fourth-order valence-electron chi connectivity index (χ4n) is 3.72. The van der Waals surface area contributed by atoms with Crippen LogP contribution in [-0.4, -0.2) is 46.1 Å². The van der Waals surface area contributed by atoms with Crippen LogP contribution in [0.1, 0.15) is 28.2 Å². The molecule has 3 aromatic heterocycles. The number of halogens is 2. The van der Waals surface area contributed by atoms with Crippen LogP contribution in [-0.2, 0) is 6.42 Å². The Kier molecular flexibility index (Phi) is 4.75. The average molecular weight is 434 g/mol. The molecular weight excluding hydrogens is 416 g/mol. The van der Waals surface area contributed by atoms with Crippen LogP contribution in [0.25, 0.3) is 10.6 Å². The van der Waals surface area contributed by atoms with Crippen molar-refractivity contribution in [3.05, 3.63) is 40.2 Å². The Hall–Kier alpha value is -2.46. The van der Waals surface area contributed by atoms with Gasteiger partial charge in [-0.25, -0.2) is 14.4 Å². The lowest BCUT2D eigenvalue weighted by molar-refractivity contribution is 0.0984. The second kappa shape index (κ2) is 7.42. The van der Waals surface area contributed by atoms with Crippen LogP contribution in [0, 0.1) is 5.95 Å². The predicted molar refractivity (Wildman–Crippen MR) is 109 cm³/mol. The molecule has 6 nitrogen and oxygen atoms in total. The molecule has 3 aromatic rings. The summed E-state index contributed by atoms with van der Waals surface area (Å²) < 4.78 is 32.5. The molecular formula is C19H17F2N5OS2. The van der Waals surface area contributed by atoms with E-state index in [0.29, 0.717) is 47.3 Å². The van der Waals surface area contributed by atoms with Gasteiger partial charge in [-0.05, 0) is 36.5 Å². The lowest BCUT2D eigenvalue weighted by atomic mass is 10.1. The van der Waals surface area contributed by atoms with E-state index < -0.39 is 12.1 Å². The number of anilines is 2. The zero-order valence-corrected chi connectivity index (χ0v) is 17.0. The minimum Gasteiger partial charge on any atom is -0.354 e. The van der Waals surface area contributed by atoms with Crippen molar-refractivity contribution in [2.45, 2.75) is 25.4 Å². The number of amides is 1. The Labute approximate surface area is 174 Å². The maximum atomic E-state index is 14.8. The third-order valence-corrected chi connectivity index (χ3v) is 6.89. The molecule has 0 spiro atoms. The topological polar surface area (TPSA) is 62.2 Å². The number of carbonyl (C=O) groups is 1. The standard InChI is InChI=1S/C19H17F2N5OS2/c20-11-2-1-6-25(9-11)15-4-3-13(17(21)24-15)18-23-14-5-7-26(12-8-22-28-10-12)19(27)16(14)29-18/h3-4,8,10-11H,1-2,5-7,9H2/t11-/m0/s1. The molecule has 0 aromatic carbocycles. The molecule has 150 valence electrons. The molecule has 0 saturated carbocycles. The molecule has 1 saturated heterocycles. The van der Waals surface area contributed by atoms with Gasteiger partial charge >= 0.3 is 0 Å². The number of nitrogens with zero attached hydrogens (tertiary/aromatic N) is 5. The Morgan fingerprint density at radius 2 is 2.10 bits per heavy atom. The maximum Gasteiger partial charge on any atom is 0.270 e. The van der Waals surface area contributed by atoms with Crippen LogP contribution in [0.3, 0.4) is 0 Å². The summed E-state index contributed by atoms with van der Waals surface area (Å²) >= 11 is 2.47. The summed E-state index contributed by atoms with van der Waals surface area (Å²) in [5.74, 6) is -0.356. The number of aromatic nitrogens is 3. The summed E-state index contributed by atoms with van der Waals surface area (Å²) in [4.78, 5) is 25.4. The molecule has 0 bridgehead atoms. The summed E-state index contributed by atoms with van der Waals surface area (Å²) in [6.07, 6.45) is 2.62. The number of hydrogen-bond donors (Lipinski definition) is 0. The van der Waals surface area contributed by atoms with Gasteiger partial charge < -0.3 is 9.80 Å². The Morgan fingerprint density at radius 3 is 2.86 bits per heavy atom. The Balaban J connectivity index is 1.43. The van der Waals surface area contributed by atoms with E-state index in [1.807, 2.05) is 5.38 Å². The third kappa shape index (κ3) is 3.40. The monoisotopic (exact) mass is 433 g/mol. The zero-order chi connectivity index (χ0) is 20.0. The van der Waals surface area contributed by atoms with Crippen molar-refractivity contribution in [2.24, 2.45) is 0 Å². The van der Waals surface area contributed by atoms with Gasteiger partial charge in [0.15, 0.2) is 0 Å². The minimum atomic E-state index is -0.911. The predicted octanol–water partition coefficient (Wildman–Crippen LogP) is 3.94. The van der Waals surface area contributed by atoms with Crippen molar-refractivity contribution in [1.82, 2.24) is 14.3 Å². The first-order chi connectivity index (χ1) is 14.1. The molecule has 5 heterocycles. The summed E-state index contributed by atoms with van der Waals surface area (Å²) in [5, 5.41) is 2.27. The minimum absolute atomic E-state index is 0.137. The fraction of sp³-hybridized carbons (Fsp3) is 0.368. The van der Waals surface area contributed by atoms with Crippen molar-refractivity contribution >= 4 is 40.3 Å². The summed E-state index contributed by atoms with van der Waals surface area (Å²) in [5.41, 5.74) is 1.72. The average Bonchev–Trinajstić information content (AvgIpc) is 3.38. The van der Waals surface area contributed by atoms with E-state index in [1.54, 1.807) is 28.1 Å². The molecule has 1 atom stereocenters. The Bertz CT molecular complexity index is 1060. The van der Waals surface area contributed by atoms with Crippen LogP contribution >= 0.6 is 22.9 Å². The van der Waals surface area contributed by atoms with E-state index in [2.05, 4.69) is 14.3 Å². The first-order valence-electron chi connectivity index (χ1n) is 9.37. The van der Waals surface area contributed by atoms with Crippen LogP contribution < -0.4 is 9.80 Å². The summed E-state index contributed by atoms with van der Waals surface area (Å²) in [6, 6.07) is 3.32. The van der Waals surface area contributed by atoms with Crippen molar-refractivity contribution in [2.75, 3.05) is 29.4 Å². The second-order valence-corrected chi connectivity index (χ2v) is 8.73. The van der Waals surface area contributed by atoms with Gasteiger partial charge in [0.1, 0.15) is 21.9 Å². The first kappa shape index (κ1) is 18.6. The lowest BCUT2D eigenvalue weighted by Gasteiger charge is -2.29. The first-order valence-corrected chi connectivity index (χ1v) is 11.0. The van der Waals surface area contributed by atoms with Crippen LogP contribution in [0.5, 0.6) is 0 Å². The van der Waals surface area contributed by atoms with Crippen LogP contribution in [0.15, 0.2) is 23.7 Å². The van der Waals surface area contributed by atoms with Gasteiger partial charge in [-0.1, -0.05) is 0 Å². The van der Waals surface area contributed by atoms with Crippen molar-refractivity contribution in [1.29, 1.82) is 0 Å². The van der Waals surface area contributed by atoms with Gasteiger partial charge in [0.25, 0.3) is 5.91 Å². The zero-order valence-electron chi connectivity index (χ0n) is 15.3. The van der Waals surface area contributed by atoms with E-state index in [9.17, 15) is 13.6 Å². The second-order valence-electron chi connectivity index (χ2n) is 7.08. The van der Waals surface area contributed by atoms with Crippen molar-refractivity contribution in [3.63, 3.8) is 0 Å². The Morgan fingerprint density at radius 1 is 1.21 bits per heavy atom. The van der Waals surface area contributed by atoms with E-state index in [-0.39, 0.29) is 18.0 Å². The highest BCUT2D eigenvalue weighted by molar-refractivity contribution is 7.17. The molecule has 2 aliphatic heterocycles.